The van der Waals surface area contributed by atoms with Crippen LogP contribution < -0.4 is 0 Å². The lowest BCUT2D eigenvalue weighted by Crippen LogP contribution is -2.19. The minimum Gasteiger partial charge on any atom is -0.339 e. The molecule has 2 heterocycles. The topological polar surface area (TPSA) is 56.0 Å². The van der Waals surface area contributed by atoms with Gasteiger partial charge in [0.2, 0.25) is 5.89 Å². The molecule has 2 unspecified atom stereocenters. The van der Waals surface area contributed by atoms with Crippen molar-refractivity contribution in [3.05, 3.63) is 11.7 Å². The first kappa shape index (κ1) is 13.5. The molecular formula is C13H18N2O2S2. The Labute approximate surface area is 121 Å². The Balaban J connectivity index is 1.67. The molecule has 0 aromatic carbocycles. The van der Waals surface area contributed by atoms with Crippen LogP contribution in [0.25, 0.3) is 0 Å². The third-order valence-electron chi connectivity index (χ3n) is 3.55. The number of carbonyl (C=O) groups is 1. The first-order valence-electron chi connectivity index (χ1n) is 6.86. The number of hydrogen-bond donors (Lipinski definition) is 0. The highest BCUT2D eigenvalue weighted by molar-refractivity contribution is 8.06. The van der Waals surface area contributed by atoms with Gasteiger partial charge in [0, 0.05) is 22.7 Å². The van der Waals surface area contributed by atoms with Gasteiger partial charge in [-0.3, -0.25) is 4.79 Å². The number of carbonyl (C=O) groups excluding carboxylic acids is 1. The number of nitrogens with zero attached hydrogens (tertiary/aromatic N) is 2. The van der Waals surface area contributed by atoms with E-state index < -0.39 is 0 Å². The summed E-state index contributed by atoms with van der Waals surface area (Å²) in [6.07, 6.45) is 3.51. The van der Waals surface area contributed by atoms with Crippen LogP contribution in [0.4, 0.5) is 0 Å². The maximum atomic E-state index is 11.7. The van der Waals surface area contributed by atoms with Crippen molar-refractivity contribution in [1.29, 1.82) is 0 Å². The van der Waals surface area contributed by atoms with Crippen LogP contribution in [0.15, 0.2) is 4.52 Å². The number of Topliss-reactive ketones (excluding diaryl/α,β-unsaturated/α-hetero) is 1. The van der Waals surface area contributed by atoms with E-state index in [2.05, 4.69) is 17.1 Å². The van der Waals surface area contributed by atoms with Crippen LogP contribution in [0, 0.1) is 5.92 Å². The van der Waals surface area contributed by atoms with E-state index in [1.807, 2.05) is 23.5 Å². The molecule has 6 heteroatoms. The van der Waals surface area contributed by atoms with E-state index in [1.165, 1.54) is 5.75 Å². The number of hydrogen-bond acceptors (Lipinski definition) is 6. The Morgan fingerprint density at radius 1 is 1.37 bits per heavy atom. The van der Waals surface area contributed by atoms with Crippen LogP contribution in [-0.4, -0.2) is 32.7 Å². The van der Waals surface area contributed by atoms with Crippen molar-refractivity contribution in [3.8, 4) is 0 Å². The van der Waals surface area contributed by atoms with E-state index in [4.69, 9.17) is 4.52 Å². The fourth-order valence-electron chi connectivity index (χ4n) is 2.30. The standard InChI is InChI=1S/C13H18N2O2S2/c1-2-10-12(19-6-5-18-10)13-14-11(17-15-13)7-9(16)8-3-4-8/h8,10,12H,2-7H2,1H3. The van der Waals surface area contributed by atoms with E-state index in [0.717, 1.165) is 30.8 Å². The van der Waals surface area contributed by atoms with Gasteiger partial charge >= 0.3 is 0 Å². The normalized spacial score (nSPS) is 27.4. The first-order chi connectivity index (χ1) is 9.28. The summed E-state index contributed by atoms with van der Waals surface area (Å²) in [4.78, 5) is 16.2. The van der Waals surface area contributed by atoms with E-state index in [-0.39, 0.29) is 11.7 Å². The molecule has 3 rings (SSSR count). The zero-order valence-corrected chi connectivity index (χ0v) is 12.6. The average molecular weight is 298 g/mol. The number of aromatic nitrogens is 2. The van der Waals surface area contributed by atoms with E-state index in [1.54, 1.807) is 0 Å². The van der Waals surface area contributed by atoms with Gasteiger partial charge in [0.25, 0.3) is 0 Å². The van der Waals surface area contributed by atoms with Gasteiger partial charge < -0.3 is 4.52 Å². The van der Waals surface area contributed by atoms with Gasteiger partial charge in [-0.2, -0.15) is 16.7 Å². The highest BCUT2D eigenvalue weighted by atomic mass is 32.2. The van der Waals surface area contributed by atoms with E-state index >= 15 is 0 Å². The molecule has 1 saturated heterocycles. The zero-order chi connectivity index (χ0) is 13.2. The summed E-state index contributed by atoms with van der Waals surface area (Å²) in [7, 11) is 0. The third kappa shape index (κ3) is 3.16. The van der Waals surface area contributed by atoms with Crippen molar-refractivity contribution in [2.24, 2.45) is 5.92 Å². The molecule has 1 aliphatic heterocycles. The van der Waals surface area contributed by atoms with Crippen molar-refractivity contribution in [2.75, 3.05) is 11.5 Å². The molecule has 0 bridgehead atoms. The van der Waals surface area contributed by atoms with Gasteiger partial charge in [0.15, 0.2) is 5.82 Å². The molecule has 0 spiro atoms. The van der Waals surface area contributed by atoms with Crippen molar-refractivity contribution < 1.29 is 9.32 Å². The van der Waals surface area contributed by atoms with Crippen molar-refractivity contribution >= 4 is 29.3 Å². The molecule has 2 fully saturated rings. The summed E-state index contributed by atoms with van der Waals surface area (Å²) >= 11 is 3.90. The molecule has 2 aliphatic rings. The molecule has 104 valence electrons. The molecule has 0 N–H and O–H groups in total. The summed E-state index contributed by atoms with van der Waals surface area (Å²) in [5.74, 6) is 4.13. The van der Waals surface area contributed by atoms with Gasteiger partial charge in [-0.25, -0.2) is 0 Å². The maximum absolute atomic E-state index is 11.7. The first-order valence-corrected chi connectivity index (χ1v) is 8.96. The molecule has 19 heavy (non-hydrogen) atoms. The monoisotopic (exact) mass is 298 g/mol. The second-order valence-corrected chi connectivity index (χ2v) is 7.67. The fourth-order valence-corrected chi connectivity index (χ4v) is 5.28. The number of rotatable bonds is 5. The zero-order valence-electron chi connectivity index (χ0n) is 11.0. The quantitative estimate of drug-likeness (QED) is 0.833. The predicted octanol–water partition coefficient (Wildman–Crippen LogP) is 2.89. The second kappa shape index (κ2) is 5.87. The minimum absolute atomic E-state index is 0.257. The fraction of sp³-hybridized carbons (Fsp3) is 0.769. The van der Waals surface area contributed by atoms with Crippen molar-refractivity contribution in [1.82, 2.24) is 10.1 Å². The molecule has 1 aromatic rings. The molecular weight excluding hydrogens is 280 g/mol. The lowest BCUT2D eigenvalue weighted by Gasteiger charge is -2.27. The molecule has 0 amide bonds. The largest absolute Gasteiger partial charge is 0.339 e. The summed E-state index contributed by atoms with van der Waals surface area (Å²) in [6.45, 7) is 2.20. The summed E-state index contributed by atoms with van der Waals surface area (Å²) in [5, 5.41) is 4.97. The maximum Gasteiger partial charge on any atom is 0.234 e. The Kier molecular flexibility index (Phi) is 4.17. The second-order valence-electron chi connectivity index (χ2n) is 5.07. The smallest absolute Gasteiger partial charge is 0.234 e. The Morgan fingerprint density at radius 3 is 2.89 bits per heavy atom. The van der Waals surface area contributed by atoms with Gasteiger partial charge in [-0.1, -0.05) is 12.1 Å². The lowest BCUT2D eigenvalue weighted by atomic mass is 10.2. The van der Waals surface area contributed by atoms with Crippen LogP contribution in [0.5, 0.6) is 0 Å². The van der Waals surface area contributed by atoms with Crippen molar-refractivity contribution in [3.63, 3.8) is 0 Å². The average Bonchev–Trinajstić information content (AvgIpc) is 3.20. The molecule has 4 nitrogen and oxygen atoms in total. The predicted molar refractivity (Wildman–Crippen MR) is 77.5 cm³/mol. The van der Waals surface area contributed by atoms with Crippen LogP contribution in [-0.2, 0) is 11.2 Å². The summed E-state index contributed by atoms with van der Waals surface area (Å²) in [5.41, 5.74) is 0. The van der Waals surface area contributed by atoms with Crippen LogP contribution in [0.1, 0.15) is 43.2 Å². The molecule has 2 atom stereocenters. The molecule has 1 saturated carbocycles. The Hall–Kier alpha value is -0.490. The van der Waals surface area contributed by atoms with Gasteiger partial charge in [0.1, 0.15) is 5.78 Å². The van der Waals surface area contributed by atoms with Gasteiger partial charge in [0.05, 0.1) is 11.7 Å². The molecule has 0 radical (unpaired) electrons. The highest BCUT2D eigenvalue weighted by Crippen LogP contribution is 2.42. The third-order valence-corrected chi connectivity index (χ3v) is 6.79. The number of ketones is 1. The van der Waals surface area contributed by atoms with Crippen molar-refractivity contribution in [2.45, 2.75) is 43.1 Å². The summed E-state index contributed by atoms with van der Waals surface area (Å²) < 4.78 is 5.25. The Morgan fingerprint density at radius 2 is 2.16 bits per heavy atom. The molecule has 1 aromatic heterocycles. The van der Waals surface area contributed by atoms with Crippen LogP contribution in [0.3, 0.4) is 0 Å². The van der Waals surface area contributed by atoms with Crippen LogP contribution in [0.2, 0.25) is 0 Å². The van der Waals surface area contributed by atoms with Gasteiger partial charge in [-0.05, 0) is 19.3 Å². The molecule has 1 aliphatic carbocycles. The number of thioether (sulfide) groups is 2. The lowest BCUT2D eigenvalue weighted by molar-refractivity contribution is -0.119. The SMILES string of the molecule is CCC1SCCSC1c1noc(CC(=O)C2CC2)n1. The van der Waals surface area contributed by atoms with Gasteiger partial charge in [-0.15, -0.1) is 11.8 Å². The Bertz CT molecular complexity index is 459. The van der Waals surface area contributed by atoms with Crippen LogP contribution >= 0.6 is 23.5 Å². The minimum atomic E-state index is 0.257. The van der Waals surface area contributed by atoms with E-state index in [9.17, 15) is 4.79 Å². The van der Waals surface area contributed by atoms with E-state index in [0.29, 0.717) is 22.8 Å². The highest BCUT2D eigenvalue weighted by Gasteiger charge is 2.33. The summed E-state index contributed by atoms with van der Waals surface area (Å²) in [6, 6.07) is 0.